The predicted molar refractivity (Wildman–Crippen MR) is 186 cm³/mol. The summed E-state index contributed by atoms with van der Waals surface area (Å²) in [7, 11) is 1.29. The molecule has 0 radical (unpaired) electrons. The molecule has 2 saturated heterocycles. The van der Waals surface area contributed by atoms with Crippen molar-refractivity contribution in [2.45, 2.75) is 71.5 Å². The van der Waals surface area contributed by atoms with Crippen LogP contribution >= 0.6 is 0 Å². The minimum absolute atomic E-state index is 0. The van der Waals surface area contributed by atoms with Crippen LogP contribution in [0.15, 0.2) is 29.7 Å². The van der Waals surface area contributed by atoms with E-state index in [4.69, 9.17) is 24.8 Å². The van der Waals surface area contributed by atoms with Crippen LogP contribution in [0.3, 0.4) is 0 Å². The standard InChI is InChI=1S/C38H41N4O6.Mg/c1-8-21-18(4)25-13-26-19(5)23(11-12-30(44)48-10-3)34(40-26)32-33(37(46)47-7)36(45)31-20(6)27(41-35(31)32)14-29-22(9-2)24(16-43)38(17-42(29)38)15-28(21)39-25;/h8,13-16,19,23,26,33-34H,1,9-12,17H2,2-7H3,(H,43,45);/q-3;+2/p+1/b25-13+,28-15-;/t19-,23-,26?,33+,34?,38+,42?;/m0./s1. The molecule has 1 aliphatic carbocycles. The van der Waals surface area contributed by atoms with E-state index in [1.54, 1.807) is 6.92 Å². The Labute approximate surface area is 301 Å². The molecule has 11 heteroatoms. The summed E-state index contributed by atoms with van der Waals surface area (Å²) in [4.78, 5) is 51.6. The van der Waals surface area contributed by atoms with Gasteiger partial charge in [0.05, 0.1) is 25.6 Å². The Balaban J connectivity index is 0.00000417. The third-order valence-electron chi connectivity index (χ3n) is 11.3. The van der Waals surface area contributed by atoms with Gasteiger partial charge >= 0.3 is 35.0 Å². The Bertz CT molecular complexity index is 2100. The molecule has 5 aliphatic rings. The minimum Gasteiger partial charge on any atom is -0.657 e. The predicted octanol–water partition coefficient (Wildman–Crippen LogP) is 0.149. The van der Waals surface area contributed by atoms with Crippen molar-refractivity contribution in [2.24, 2.45) is 17.8 Å². The summed E-state index contributed by atoms with van der Waals surface area (Å²) >= 11 is 0. The van der Waals surface area contributed by atoms with Gasteiger partial charge in [-0.05, 0) is 51.3 Å². The van der Waals surface area contributed by atoms with Gasteiger partial charge in [0.15, 0.2) is 11.3 Å². The van der Waals surface area contributed by atoms with E-state index >= 15 is 0 Å². The van der Waals surface area contributed by atoms with E-state index in [-0.39, 0.29) is 65.7 Å². The number of quaternary nitrogens is 1. The molecule has 49 heavy (non-hydrogen) atoms. The van der Waals surface area contributed by atoms with Crippen molar-refractivity contribution in [1.29, 1.82) is 0 Å². The van der Waals surface area contributed by atoms with Crippen LogP contribution in [0, 0.1) is 31.6 Å². The number of aliphatic hydroxyl groups excluding tert-OH is 1. The number of nitrogens with zero attached hydrogens (tertiary/aromatic N) is 3. The first-order chi connectivity index (χ1) is 23.0. The third kappa shape index (κ3) is 5.15. The Morgan fingerprint density at radius 1 is 1.16 bits per heavy atom. The molecule has 0 aromatic carbocycles. The summed E-state index contributed by atoms with van der Waals surface area (Å²) in [6.07, 6.45) is 10.7. The number of hydrogen-bond donors (Lipinski definition) is 2. The van der Waals surface area contributed by atoms with Gasteiger partial charge in [0.2, 0.25) is 0 Å². The zero-order valence-corrected chi connectivity index (χ0v) is 30.5. The number of rotatable bonds is 7. The fourth-order valence-electron chi connectivity index (χ4n) is 8.77. The Hall–Kier alpha value is -3.64. The average Bonchev–Trinajstić information content (AvgIpc) is 3.27. The number of nitrogens with one attached hydrogen (secondary N) is 1. The largest absolute Gasteiger partial charge is 2.00 e. The number of aromatic nitrogens is 2. The zero-order valence-electron chi connectivity index (χ0n) is 29.1. The number of methoxy groups -OCH3 is 1. The van der Waals surface area contributed by atoms with Gasteiger partial charge in [0.25, 0.3) is 0 Å². The Morgan fingerprint density at radius 2 is 1.92 bits per heavy atom. The summed E-state index contributed by atoms with van der Waals surface area (Å²) in [5.41, 5.74) is 6.01. The molecule has 7 rings (SSSR count). The summed E-state index contributed by atoms with van der Waals surface area (Å²) in [5, 5.41) is 18.6. The van der Waals surface area contributed by atoms with Gasteiger partial charge in [-0.1, -0.05) is 55.0 Å². The first kappa shape index (κ1) is 35.2. The van der Waals surface area contributed by atoms with E-state index in [2.05, 4.69) is 32.6 Å². The van der Waals surface area contributed by atoms with Crippen LogP contribution in [-0.2, 0) is 19.1 Å². The fraction of sp³-hybridized carbons (Fsp3) is 0.447. The topological polar surface area (TPSA) is 137 Å². The maximum atomic E-state index is 14.2. The van der Waals surface area contributed by atoms with Crippen molar-refractivity contribution in [2.75, 3.05) is 20.3 Å². The molecule has 0 amide bonds. The van der Waals surface area contributed by atoms with Crippen molar-refractivity contribution in [1.82, 2.24) is 9.97 Å². The number of carbonyl (C=O) groups is 3. The molecule has 2 aromatic heterocycles. The van der Waals surface area contributed by atoms with Crippen molar-refractivity contribution in [3.05, 3.63) is 78.7 Å². The van der Waals surface area contributed by atoms with Crippen LogP contribution in [0.1, 0.15) is 67.1 Å². The van der Waals surface area contributed by atoms with Gasteiger partial charge in [-0.2, -0.15) is 0 Å². The van der Waals surface area contributed by atoms with E-state index in [1.807, 2.05) is 26.0 Å². The van der Waals surface area contributed by atoms with Crippen molar-refractivity contribution in [3.8, 4) is 0 Å². The first-order valence-electron chi connectivity index (χ1n) is 16.9. The summed E-state index contributed by atoms with van der Waals surface area (Å²) in [6.45, 7) is 15.0. The SMILES string of the molecule is C=Cc1c(C)/c2[n-]/c1=C\[C@]13C[NH+]1C(=C(CC)\C3=C\O)/C=c1\[n-]c3c(c1C)C(=O)[C@H](C(=O)OC)C=3C1[N-]C(/C=2)[C@@H](C)[C@@H]1CCC(=O)OCC.[Mg+2]. The number of esters is 2. The van der Waals surface area contributed by atoms with Gasteiger partial charge in [-0.25, -0.2) is 0 Å². The maximum Gasteiger partial charge on any atom is 2.00 e. The monoisotopic (exact) mass is 674 g/mol. The van der Waals surface area contributed by atoms with E-state index in [9.17, 15) is 19.5 Å². The molecule has 6 heterocycles. The van der Waals surface area contributed by atoms with Gasteiger partial charge in [-0.15, -0.1) is 39.6 Å². The molecular weight excluding hydrogens is 633 g/mol. The summed E-state index contributed by atoms with van der Waals surface area (Å²) in [5.74, 6) is -2.66. The van der Waals surface area contributed by atoms with Gasteiger partial charge in [0.1, 0.15) is 18.2 Å². The van der Waals surface area contributed by atoms with E-state index in [1.165, 1.54) is 18.3 Å². The second kappa shape index (κ2) is 12.9. The van der Waals surface area contributed by atoms with E-state index in [0.717, 1.165) is 45.2 Å². The van der Waals surface area contributed by atoms with Crippen LogP contribution < -0.4 is 36.3 Å². The first-order valence-corrected chi connectivity index (χ1v) is 16.9. The van der Waals surface area contributed by atoms with Crippen LogP contribution in [0.25, 0.3) is 35.2 Å². The third-order valence-corrected chi connectivity index (χ3v) is 11.3. The van der Waals surface area contributed by atoms with Crippen LogP contribution in [0.2, 0.25) is 0 Å². The molecule has 2 fully saturated rings. The van der Waals surface area contributed by atoms with Crippen LogP contribution in [-0.4, -0.2) is 83.8 Å². The van der Waals surface area contributed by atoms with Gasteiger partial charge < -0.3 is 29.9 Å². The fourth-order valence-corrected chi connectivity index (χ4v) is 8.77. The average molecular weight is 675 g/mol. The molecule has 0 spiro atoms. The second-order valence-electron chi connectivity index (χ2n) is 13.6. The molecule has 2 N–H and O–H groups in total. The van der Waals surface area contributed by atoms with E-state index in [0.29, 0.717) is 40.2 Å². The number of allylic oxidation sites excluding steroid dienone is 1. The normalized spacial score (nSPS) is 32.0. The molecule has 2 aromatic rings. The zero-order chi connectivity index (χ0) is 34.2. The molecule has 7 atom stereocenters. The van der Waals surface area contributed by atoms with Crippen molar-refractivity contribution >= 4 is 70.7 Å². The summed E-state index contributed by atoms with van der Waals surface area (Å²) < 4.78 is 10.5. The molecule has 4 aliphatic heterocycles. The number of ketones is 1. The number of aliphatic hydroxyl groups is 1. The number of hydrogen-bond acceptors (Lipinski definition) is 6. The van der Waals surface area contributed by atoms with Gasteiger partial charge in [-0.3, -0.25) is 19.3 Å². The van der Waals surface area contributed by atoms with E-state index < -0.39 is 23.5 Å². The van der Waals surface area contributed by atoms with Crippen molar-refractivity contribution < 1.29 is 33.9 Å². The Kier molecular flexibility index (Phi) is 9.27. The van der Waals surface area contributed by atoms with Gasteiger partial charge in [0, 0.05) is 17.6 Å². The number of Topliss-reactive ketones (excluding diaryl/α,β-unsaturated/α-hetero) is 1. The number of carbonyl (C=O) groups excluding carboxylic acids is 3. The second-order valence-corrected chi connectivity index (χ2v) is 13.6. The quantitative estimate of drug-likeness (QED) is 0.139. The minimum atomic E-state index is -1.16. The molecule has 3 unspecified atom stereocenters. The molecular formula is C38H42MgN4O6. The molecule has 8 bridgehead atoms. The molecule has 0 saturated carbocycles. The summed E-state index contributed by atoms with van der Waals surface area (Å²) in [6, 6.07) is -0.881. The van der Waals surface area contributed by atoms with Crippen LogP contribution in [0.4, 0.5) is 0 Å². The Morgan fingerprint density at radius 3 is 2.57 bits per heavy atom. The molecule has 252 valence electrons. The maximum absolute atomic E-state index is 14.2. The van der Waals surface area contributed by atoms with Crippen LogP contribution in [0.5, 0.6) is 0 Å². The number of ether oxygens (including phenoxy) is 2. The van der Waals surface area contributed by atoms with Crippen molar-refractivity contribution in [3.63, 3.8) is 0 Å². The number of fused-ring (bicyclic) bond motifs is 6. The smallest absolute Gasteiger partial charge is 0.657 e. The molecule has 10 nitrogen and oxygen atoms in total.